The van der Waals surface area contributed by atoms with Crippen LogP contribution in [0.2, 0.25) is 0 Å². The van der Waals surface area contributed by atoms with Gasteiger partial charge in [0.2, 0.25) is 0 Å². The summed E-state index contributed by atoms with van der Waals surface area (Å²) in [6, 6.07) is 0. The predicted octanol–water partition coefficient (Wildman–Crippen LogP) is 0.877. The van der Waals surface area contributed by atoms with Gasteiger partial charge in [-0.2, -0.15) is 0 Å². The van der Waals surface area contributed by atoms with E-state index in [1.54, 1.807) is 7.05 Å². The number of carbonyl (C=O) groups is 1. The minimum atomic E-state index is -0.271. The second kappa shape index (κ2) is 2.74. The number of rotatable bonds is 0. The van der Waals surface area contributed by atoms with Gasteiger partial charge in [-0.05, 0) is 26.7 Å². The molecule has 0 unspecified atom stereocenters. The average molecular weight is 139 g/mol. The second-order valence-electron chi connectivity index (χ2n) is 3.18. The summed E-state index contributed by atoms with van der Waals surface area (Å²) in [5.74, 6) is 1.79. The van der Waals surface area contributed by atoms with Gasteiger partial charge in [0.25, 0.3) is 5.91 Å². The molecule has 56 valence electrons. The van der Waals surface area contributed by atoms with Crippen molar-refractivity contribution in [3.63, 3.8) is 0 Å². The standard InChI is InChI=1S/C8H13NO/c1-6-7(10)9(5)8(2,3)4/h1H,2-5H3. The highest BCUT2D eigenvalue weighted by Gasteiger charge is 2.20. The van der Waals surface area contributed by atoms with Gasteiger partial charge in [-0.15, -0.1) is 6.42 Å². The third kappa shape index (κ3) is 2.10. The molecule has 0 aliphatic heterocycles. The minimum Gasteiger partial charge on any atom is -0.330 e. The molecule has 1 amide bonds. The third-order valence-electron chi connectivity index (χ3n) is 1.43. The number of hydrogen-bond donors (Lipinski definition) is 0. The smallest absolute Gasteiger partial charge is 0.298 e. The summed E-state index contributed by atoms with van der Waals surface area (Å²) in [6.45, 7) is 5.80. The van der Waals surface area contributed by atoms with Crippen molar-refractivity contribution in [1.82, 2.24) is 4.90 Å². The molecule has 0 aliphatic rings. The predicted molar refractivity (Wildman–Crippen MR) is 41.4 cm³/mol. The Morgan fingerprint density at radius 1 is 1.50 bits per heavy atom. The SMILES string of the molecule is C#CC(=O)N(C)C(C)(C)C. The molecule has 0 rings (SSSR count). The Morgan fingerprint density at radius 2 is 1.90 bits per heavy atom. The Morgan fingerprint density at radius 3 is 2.00 bits per heavy atom. The lowest BCUT2D eigenvalue weighted by Gasteiger charge is -2.29. The zero-order valence-electron chi connectivity index (χ0n) is 6.93. The van der Waals surface area contributed by atoms with E-state index in [9.17, 15) is 4.79 Å². The van der Waals surface area contributed by atoms with Crippen molar-refractivity contribution in [3.05, 3.63) is 0 Å². The van der Waals surface area contributed by atoms with Crippen LogP contribution in [0.15, 0.2) is 0 Å². The monoisotopic (exact) mass is 139 g/mol. The molecule has 0 N–H and O–H groups in total. The molecule has 0 saturated carbocycles. The number of carbonyl (C=O) groups excluding carboxylic acids is 1. The van der Waals surface area contributed by atoms with Crippen LogP contribution in [0, 0.1) is 12.3 Å². The molecule has 0 aromatic rings. The second-order valence-corrected chi connectivity index (χ2v) is 3.18. The van der Waals surface area contributed by atoms with Crippen molar-refractivity contribution >= 4 is 5.91 Å². The van der Waals surface area contributed by atoms with E-state index in [0.717, 1.165) is 0 Å². The van der Waals surface area contributed by atoms with Gasteiger partial charge in [0.1, 0.15) is 0 Å². The molecule has 0 saturated heterocycles. The lowest BCUT2D eigenvalue weighted by Crippen LogP contribution is -2.41. The van der Waals surface area contributed by atoms with Crippen molar-refractivity contribution in [2.75, 3.05) is 7.05 Å². The number of amides is 1. The van der Waals surface area contributed by atoms with Gasteiger partial charge >= 0.3 is 0 Å². The molecule has 0 bridgehead atoms. The van der Waals surface area contributed by atoms with Crippen LogP contribution >= 0.6 is 0 Å². The highest BCUT2D eigenvalue weighted by atomic mass is 16.2. The fourth-order valence-electron chi connectivity index (χ4n) is 0.401. The summed E-state index contributed by atoms with van der Waals surface area (Å²) >= 11 is 0. The molecule has 0 spiro atoms. The zero-order valence-corrected chi connectivity index (χ0v) is 6.93. The van der Waals surface area contributed by atoms with Gasteiger partial charge in [0, 0.05) is 12.6 Å². The van der Waals surface area contributed by atoms with Gasteiger partial charge < -0.3 is 4.90 Å². The third-order valence-corrected chi connectivity index (χ3v) is 1.43. The van der Waals surface area contributed by atoms with E-state index in [0.29, 0.717) is 0 Å². The maximum absolute atomic E-state index is 10.8. The average Bonchev–Trinajstić information content (AvgIpc) is 1.83. The van der Waals surface area contributed by atoms with Gasteiger partial charge in [-0.3, -0.25) is 4.79 Å². The molecular formula is C8H13NO. The number of hydrogen-bond acceptors (Lipinski definition) is 1. The molecule has 0 aromatic heterocycles. The van der Waals surface area contributed by atoms with E-state index in [-0.39, 0.29) is 11.4 Å². The molecule has 0 radical (unpaired) electrons. The molecule has 0 aliphatic carbocycles. The Balaban J connectivity index is 4.26. The molecule has 0 atom stereocenters. The van der Waals surface area contributed by atoms with E-state index in [1.807, 2.05) is 20.8 Å². The van der Waals surface area contributed by atoms with E-state index in [1.165, 1.54) is 4.90 Å². The molecule has 0 aromatic carbocycles. The summed E-state index contributed by atoms with van der Waals surface area (Å²) < 4.78 is 0. The lowest BCUT2D eigenvalue weighted by atomic mass is 10.1. The Labute approximate surface area is 62.2 Å². The topological polar surface area (TPSA) is 20.3 Å². The van der Waals surface area contributed by atoms with Crippen molar-refractivity contribution in [2.45, 2.75) is 26.3 Å². The van der Waals surface area contributed by atoms with Crippen LogP contribution in [-0.4, -0.2) is 23.4 Å². The van der Waals surface area contributed by atoms with Crippen LogP contribution < -0.4 is 0 Å². The molecule has 10 heavy (non-hydrogen) atoms. The first-order chi connectivity index (χ1) is 4.39. The molecule has 2 nitrogen and oxygen atoms in total. The van der Waals surface area contributed by atoms with Crippen molar-refractivity contribution in [3.8, 4) is 12.3 Å². The zero-order chi connectivity index (χ0) is 8.36. The van der Waals surface area contributed by atoms with E-state index >= 15 is 0 Å². The van der Waals surface area contributed by atoms with Crippen LogP contribution in [-0.2, 0) is 4.79 Å². The van der Waals surface area contributed by atoms with Gasteiger partial charge in [-0.25, -0.2) is 0 Å². The Bertz CT molecular complexity index is 171. The largest absolute Gasteiger partial charge is 0.330 e. The van der Waals surface area contributed by atoms with Gasteiger partial charge in [-0.1, -0.05) is 0 Å². The number of nitrogens with zero attached hydrogens (tertiary/aromatic N) is 1. The van der Waals surface area contributed by atoms with Gasteiger partial charge in [0.05, 0.1) is 0 Å². The van der Waals surface area contributed by atoms with E-state index in [4.69, 9.17) is 6.42 Å². The highest BCUT2D eigenvalue weighted by molar-refractivity contribution is 5.93. The fourth-order valence-corrected chi connectivity index (χ4v) is 0.401. The first kappa shape index (κ1) is 9.03. The summed E-state index contributed by atoms with van der Waals surface area (Å²) in [5.41, 5.74) is -0.177. The van der Waals surface area contributed by atoms with Crippen LogP contribution in [0.1, 0.15) is 20.8 Å². The Kier molecular flexibility index (Phi) is 2.48. The normalized spacial score (nSPS) is 10.3. The molecule has 0 heterocycles. The first-order valence-electron chi connectivity index (χ1n) is 3.14. The van der Waals surface area contributed by atoms with Crippen LogP contribution in [0.4, 0.5) is 0 Å². The van der Waals surface area contributed by atoms with Crippen molar-refractivity contribution in [2.24, 2.45) is 0 Å². The quantitative estimate of drug-likeness (QED) is 0.456. The van der Waals surface area contributed by atoms with E-state index < -0.39 is 0 Å². The first-order valence-corrected chi connectivity index (χ1v) is 3.14. The fraction of sp³-hybridized carbons (Fsp3) is 0.625. The van der Waals surface area contributed by atoms with E-state index in [2.05, 4.69) is 5.92 Å². The molecular weight excluding hydrogens is 126 g/mol. The maximum Gasteiger partial charge on any atom is 0.298 e. The molecule has 0 fully saturated rings. The van der Waals surface area contributed by atoms with Gasteiger partial charge in [0.15, 0.2) is 0 Å². The highest BCUT2D eigenvalue weighted by Crippen LogP contribution is 2.09. The molecule has 2 heteroatoms. The van der Waals surface area contributed by atoms with Crippen LogP contribution in [0.25, 0.3) is 0 Å². The lowest BCUT2D eigenvalue weighted by molar-refractivity contribution is -0.127. The Hall–Kier alpha value is -0.970. The van der Waals surface area contributed by atoms with Crippen LogP contribution in [0.5, 0.6) is 0 Å². The number of terminal acetylenes is 1. The summed E-state index contributed by atoms with van der Waals surface area (Å²) in [7, 11) is 1.70. The maximum atomic E-state index is 10.8. The van der Waals surface area contributed by atoms with Crippen molar-refractivity contribution in [1.29, 1.82) is 0 Å². The summed E-state index contributed by atoms with van der Waals surface area (Å²) in [6.07, 6.45) is 4.93. The van der Waals surface area contributed by atoms with Crippen LogP contribution in [0.3, 0.4) is 0 Å². The van der Waals surface area contributed by atoms with Crippen molar-refractivity contribution < 1.29 is 4.79 Å². The summed E-state index contributed by atoms with van der Waals surface area (Å²) in [4.78, 5) is 12.4. The summed E-state index contributed by atoms with van der Waals surface area (Å²) in [5, 5.41) is 0. The minimum absolute atomic E-state index is 0.177.